The van der Waals surface area contributed by atoms with E-state index in [0.29, 0.717) is 33.8 Å². The lowest BCUT2D eigenvalue weighted by atomic mass is 9.92. The van der Waals surface area contributed by atoms with Gasteiger partial charge in [0.1, 0.15) is 23.0 Å². The topological polar surface area (TPSA) is 61.8 Å². The average Bonchev–Trinajstić information content (AvgIpc) is 3.14. The van der Waals surface area contributed by atoms with Gasteiger partial charge < -0.3 is 14.2 Å². The Kier molecular flexibility index (Phi) is 4.33. The molecular weight excluding hydrogens is 416 g/mol. The van der Waals surface area contributed by atoms with Gasteiger partial charge in [0, 0.05) is 0 Å². The van der Waals surface area contributed by atoms with E-state index in [-0.39, 0.29) is 11.1 Å². The molecule has 6 rings (SSSR count). The summed E-state index contributed by atoms with van der Waals surface area (Å²) < 4.78 is 17.0. The van der Waals surface area contributed by atoms with Gasteiger partial charge >= 0.3 is 11.9 Å². The van der Waals surface area contributed by atoms with Crippen LogP contribution in [0.4, 0.5) is 0 Å². The number of para-hydroxylation sites is 2. The van der Waals surface area contributed by atoms with E-state index in [2.05, 4.69) is 0 Å². The van der Waals surface area contributed by atoms with Gasteiger partial charge in [-0.1, -0.05) is 36.4 Å². The molecular formula is C28H16O5. The highest BCUT2D eigenvalue weighted by Gasteiger charge is 2.34. The molecule has 1 heterocycles. The minimum absolute atomic E-state index is 0.283. The Morgan fingerprint density at radius 2 is 0.879 bits per heavy atom. The average molecular weight is 432 g/mol. The van der Waals surface area contributed by atoms with Gasteiger partial charge in [-0.15, -0.1) is 0 Å². The Hall–Kier alpha value is -4.64. The molecule has 0 saturated heterocycles. The number of hydrogen-bond donors (Lipinski definition) is 0. The van der Waals surface area contributed by atoms with Crippen molar-refractivity contribution in [3.8, 4) is 23.0 Å². The first-order valence-corrected chi connectivity index (χ1v) is 10.4. The molecule has 0 aromatic heterocycles. The summed E-state index contributed by atoms with van der Waals surface area (Å²) in [7, 11) is 0. The molecule has 0 bridgehead atoms. The number of benzene rings is 5. The van der Waals surface area contributed by atoms with Gasteiger partial charge in [-0.25, -0.2) is 9.59 Å². The van der Waals surface area contributed by atoms with Gasteiger partial charge in [-0.3, -0.25) is 0 Å². The van der Waals surface area contributed by atoms with Gasteiger partial charge in [0.15, 0.2) is 0 Å². The summed E-state index contributed by atoms with van der Waals surface area (Å²) in [4.78, 5) is 25.0. The number of esters is 2. The molecule has 5 aromatic rings. The lowest BCUT2D eigenvalue weighted by molar-refractivity contribution is 0.0445. The number of cyclic esters (lactones) is 2. The van der Waals surface area contributed by atoms with Gasteiger partial charge in [0.2, 0.25) is 0 Å². The lowest BCUT2D eigenvalue weighted by Gasteiger charge is -2.13. The molecule has 33 heavy (non-hydrogen) atoms. The molecule has 1 aliphatic rings. The summed E-state index contributed by atoms with van der Waals surface area (Å²) in [6, 6.07) is 29.8. The van der Waals surface area contributed by atoms with E-state index in [1.807, 2.05) is 72.8 Å². The van der Waals surface area contributed by atoms with E-state index in [9.17, 15) is 9.59 Å². The maximum Gasteiger partial charge on any atom is 0.347 e. The highest BCUT2D eigenvalue weighted by atomic mass is 16.6. The fourth-order valence-corrected chi connectivity index (χ4v) is 4.18. The third kappa shape index (κ3) is 3.27. The summed E-state index contributed by atoms with van der Waals surface area (Å²) >= 11 is 0. The van der Waals surface area contributed by atoms with Crippen LogP contribution in [0, 0.1) is 0 Å². The molecule has 0 spiro atoms. The van der Waals surface area contributed by atoms with Crippen molar-refractivity contribution >= 4 is 33.5 Å². The number of rotatable bonds is 4. The van der Waals surface area contributed by atoms with E-state index in [1.54, 1.807) is 24.3 Å². The van der Waals surface area contributed by atoms with Crippen molar-refractivity contribution < 1.29 is 23.8 Å². The van der Waals surface area contributed by atoms with E-state index in [1.165, 1.54) is 0 Å². The van der Waals surface area contributed by atoms with Gasteiger partial charge in [0.25, 0.3) is 0 Å². The van der Waals surface area contributed by atoms with Crippen LogP contribution in [0.3, 0.4) is 0 Å². The van der Waals surface area contributed by atoms with Crippen LogP contribution in [0.1, 0.15) is 20.7 Å². The van der Waals surface area contributed by atoms with Crippen LogP contribution in [0.15, 0.2) is 97.1 Å². The normalized spacial score (nSPS) is 12.6. The van der Waals surface area contributed by atoms with Crippen LogP contribution in [0.2, 0.25) is 0 Å². The molecule has 5 heteroatoms. The zero-order chi connectivity index (χ0) is 22.4. The fourth-order valence-electron chi connectivity index (χ4n) is 4.18. The summed E-state index contributed by atoms with van der Waals surface area (Å²) in [6.07, 6.45) is 0. The van der Waals surface area contributed by atoms with E-state index >= 15 is 0 Å². The van der Waals surface area contributed by atoms with Crippen LogP contribution in [0.25, 0.3) is 21.5 Å². The van der Waals surface area contributed by atoms with Crippen molar-refractivity contribution in [2.45, 2.75) is 0 Å². The van der Waals surface area contributed by atoms with Gasteiger partial charge in [0.05, 0.1) is 11.1 Å². The standard InChI is InChI=1S/C28H16O5/c29-27-25-21-13-11-19(31-17-7-3-1-4-8-17)15-23(21)24-16-20(32-18-9-5-2-6-10-18)12-14-22(24)26(25)28(30)33-27/h1-16H. The second-order valence-electron chi connectivity index (χ2n) is 7.67. The van der Waals surface area contributed by atoms with E-state index < -0.39 is 11.9 Å². The number of hydrogen-bond acceptors (Lipinski definition) is 5. The molecule has 158 valence electrons. The lowest BCUT2D eigenvalue weighted by Crippen LogP contribution is -1.97. The predicted molar refractivity (Wildman–Crippen MR) is 124 cm³/mol. The Balaban J connectivity index is 1.57. The van der Waals surface area contributed by atoms with Crippen LogP contribution in [-0.4, -0.2) is 11.9 Å². The van der Waals surface area contributed by atoms with Crippen LogP contribution in [0.5, 0.6) is 23.0 Å². The maximum absolute atomic E-state index is 12.5. The Morgan fingerprint density at radius 3 is 1.30 bits per heavy atom. The minimum atomic E-state index is -0.636. The van der Waals surface area contributed by atoms with Crippen LogP contribution >= 0.6 is 0 Å². The van der Waals surface area contributed by atoms with Crippen molar-refractivity contribution in [2.75, 3.05) is 0 Å². The quantitative estimate of drug-likeness (QED) is 0.176. The first-order chi connectivity index (χ1) is 16.2. The van der Waals surface area contributed by atoms with Crippen molar-refractivity contribution in [3.05, 3.63) is 108 Å². The Bertz CT molecular complexity index is 1440. The largest absolute Gasteiger partial charge is 0.457 e. The molecule has 0 fully saturated rings. The predicted octanol–water partition coefficient (Wildman–Crippen LogP) is 6.89. The first kappa shape index (κ1) is 19.1. The highest BCUT2D eigenvalue weighted by Crippen LogP contribution is 2.40. The van der Waals surface area contributed by atoms with Crippen LogP contribution < -0.4 is 9.47 Å². The first-order valence-electron chi connectivity index (χ1n) is 10.4. The third-order valence-corrected chi connectivity index (χ3v) is 5.61. The molecule has 0 amide bonds. The molecule has 5 aromatic carbocycles. The van der Waals surface area contributed by atoms with Crippen molar-refractivity contribution in [1.29, 1.82) is 0 Å². The minimum Gasteiger partial charge on any atom is -0.457 e. The van der Waals surface area contributed by atoms with Crippen molar-refractivity contribution in [3.63, 3.8) is 0 Å². The van der Waals surface area contributed by atoms with E-state index in [4.69, 9.17) is 14.2 Å². The number of fused-ring (bicyclic) bond motifs is 6. The van der Waals surface area contributed by atoms with Crippen molar-refractivity contribution in [1.82, 2.24) is 0 Å². The molecule has 0 atom stereocenters. The zero-order valence-corrected chi connectivity index (χ0v) is 17.3. The molecule has 0 aliphatic carbocycles. The zero-order valence-electron chi connectivity index (χ0n) is 17.3. The molecule has 0 radical (unpaired) electrons. The summed E-state index contributed by atoms with van der Waals surface area (Å²) in [5.74, 6) is 1.35. The van der Waals surface area contributed by atoms with Gasteiger partial charge in [-0.05, 0) is 82.2 Å². The van der Waals surface area contributed by atoms with E-state index in [0.717, 1.165) is 10.8 Å². The SMILES string of the molecule is O=C1OC(=O)c2c1c1ccc(Oc3ccccc3)cc1c1cc(Oc3ccccc3)ccc21. The summed E-state index contributed by atoms with van der Waals surface area (Å²) in [5, 5.41) is 2.79. The highest BCUT2D eigenvalue weighted by molar-refractivity contribution is 6.30. The smallest absolute Gasteiger partial charge is 0.347 e. The Labute approximate surface area is 188 Å². The fraction of sp³-hybridized carbons (Fsp3) is 0. The number of carbonyl (C=O) groups is 2. The summed E-state index contributed by atoms with van der Waals surface area (Å²) in [5.41, 5.74) is 0.566. The Morgan fingerprint density at radius 1 is 0.455 bits per heavy atom. The summed E-state index contributed by atoms with van der Waals surface area (Å²) in [6.45, 7) is 0. The molecule has 0 N–H and O–H groups in total. The number of ether oxygens (including phenoxy) is 3. The molecule has 5 nitrogen and oxygen atoms in total. The maximum atomic E-state index is 12.5. The second kappa shape index (κ2) is 7.50. The van der Waals surface area contributed by atoms with Crippen molar-refractivity contribution in [2.24, 2.45) is 0 Å². The number of carbonyl (C=O) groups excluding carboxylic acids is 2. The van der Waals surface area contributed by atoms with Crippen LogP contribution in [-0.2, 0) is 4.74 Å². The second-order valence-corrected chi connectivity index (χ2v) is 7.67. The third-order valence-electron chi connectivity index (χ3n) is 5.61. The molecule has 0 unspecified atom stereocenters. The van der Waals surface area contributed by atoms with Gasteiger partial charge in [-0.2, -0.15) is 0 Å². The molecule has 0 saturated carbocycles. The monoisotopic (exact) mass is 432 g/mol. The molecule has 1 aliphatic heterocycles.